The second-order valence-corrected chi connectivity index (χ2v) is 8.73. The minimum absolute atomic E-state index is 0.0222. The van der Waals surface area contributed by atoms with Crippen LogP contribution in [0, 0.1) is 17.8 Å². The molecule has 4 atom stereocenters. The van der Waals surface area contributed by atoms with E-state index in [1.165, 1.54) is 28.7 Å². The number of fused-ring (bicyclic) bond motifs is 3. The third-order valence-corrected chi connectivity index (χ3v) is 6.84. The molecule has 0 amide bonds. The van der Waals surface area contributed by atoms with E-state index in [1.807, 2.05) is 0 Å². The summed E-state index contributed by atoms with van der Waals surface area (Å²) in [6.07, 6.45) is 6.12. The molecule has 3 aliphatic heterocycles. The maximum absolute atomic E-state index is 6.84. The van der Waals surface area contributed by atoms with Gasteiger partial charge in [0.25, 0.3) is 0 Å². The van der Waals surface area contributed by atoms with E-state index in [4.69, 9.17) is 9.47 Å². The topological polar surface area (TPSA) is 21.7 Å². The number of hydrogen-bond donors (Lipinski definition) is 0. The van der Waals surface area contributed by atoms with Crippen LogP contribution in [0.2, 0.25) is 0 Å². The second kappa shape index (κ2) is 6.59. The Bertz CT molecular complexity index is 642. The predicted molar refractivity (Wildman–Crippen MR) is 101 cm³/mol. The molecule has 0 aromatic rings. The van der Waals surface area contributed by atoms with Gasteiger partial charge in [0.15, 0.2) is 6.23 Å². The summed E-state index contributed by atoms with van der Waals surface area (Å²) in [4.78, 5) is 2.52. The molecule has 4 unspecified atom stereocenters. The van der Waals surface area contributed by atoms with Crippen molar-refractivity contribution in [3.05, 3.63) is 34.1 Å². The minimum Gasteiger partial charge on any atom is -0.493 e. The lowest BCUT2D eigenvalue weighted by Gasteiger charge is -2.43. The van der Waals surface area contributed by atoms with Crippen LogP contribution in [0.4, 0.5) is 0 Å². The number of nitrogens with zero attached hydrogens (tertiary/aromatic N) is 1. The van der Waals surface area contributed by atoms with Crippen LogP contribution < -0.4 is 0 Å². The highest BCUT2D eigenvalue weighted by atomic mass is 16.6. The van der Waals surface area contributed by atoms with Gasteiger partial charge in [0.1, 0.15) is 5.76 Å². The largest absolute Gasteiger partial charge is 0.493 e. The third kappa shape index (κ3) is 2.90. The van der Waals surface area contributed by atoms with E-state index in [0.717, 1.165) is 38.3 Å². The van der Waals surface area contributed by atoms with Crippen molar-refractivity contribution < 1.29 is 9.47 Å². The lowest BCUT2D eigenvalue weighted by Crippen LogP contribution is -2.48. The summed E-state index contributed by atoms with van der Waals surface area (Å²) in [6.45, 7) is 14.5. The summed E-state index contributed by atoms with van der Waals surface area (Å²) in [6, 6.07) is 0. The van der Waals surface area contributed by atoms with Gasteiger partial charge in [-0.2, -0.15) is 0 Å². The third-order valence-electron chi connectivity index (χ3n) is 6.84. The van der Waals surface area contributed by atoms with Crippen LogP contribution in [0.15, 0.2) is 34.1 Å². The standard InChI is InChI=1S/C22H33NO2/c1-13(2)19-12-24-21-18(19)8-10-23-9-6-7-17-15(4)11-14(3)16(5)20(17)25-22(21)23/h11,13,16,19-20,22H,6-10,12H2,1-5H3. The molecule has 138 valence electrons. The molecule has 0 aromatic carbocycles. The molecule has 0 radical (unpaired) electrons. The summed E-state index contributed by atoms with van der Waals surface area (Å²) >= 11 is 0. The Kier molecular flexibility index (Phi) is 4.57. The molecule has 3 heterocycles. The fourth-order valence-corrected chi connectivity index (χ4v) is 5.09. The molecule has 3 nitrogen and oxygen atoms in total. The minimum atomic E-state index is 0.0222. The van der Waals surface area contributed by atoms with Crippen molar-refractivity contribution in [3.8, 4) is 0 Å². The maximum Gasteiger partial charge on any atom is 0.169 e. The first-order valence-corrected chi connectivity index (χ1v) is 10.1. The van der Waals surface area contributed by atoms with Gasteiger partial charge in [0.2, 0.25) is 0 Å². The zero-order valence-corrected chi connectivity index (χ0v) is 16.5. The molecule has 1 aliphatic carbocycles. The lowest BCUT2D eigenvalue weighted by molar-refractivity contribution is -0.111. The molecule has 1 saturated heterocycles. The number of rotatable bonds is 1. The summed E-state index contributed by atoms with van der Waals surface area (Å²) < 4.78 is 13.1. The van der Waals surface area contributed by atoms with Crippen molar-refractivity contribution >= 4 is 0 Å². The fourth-order valence-electron chi connectivity index (χ4n) is 5.09. The van der Waals surface area contributed by atoms with Gasteiger partial charge >= 0.3 is 0 Å². The first-order chi connectivity index (χ1) is 12.0. The van der Waals surface area contributed by atoms with Crippen LogP contribution >= 0.6 is 0 Å². The molecular formula is C22H33NO2. The number of allylic oxidation sites excluding steroid dienone is 2. The summed E-state index contributed by atoms with van der Waals surface area (Å²) in [5.41, 5.74) is 5.92. The highest BCUT2D eigenvalue weighted by molar-refractivity contribution is 5.37. The molecule has 4 aliphatic rings. The van der Waals surface area contributed by atoms with Crippen molar-refractivity contribution in [1.29, 1.82) is 0 Å². The molecule has 25 heavy (non-hydrogen) atoms. The van der Waals surface area contributed by atoms with E-state index in [-0.39, 0.29) is 12.3 Å². The average Bonchev–Trinajstić information content (AvgIpc) is 2.97. The van der Waals surface area contributed by atoms with E-state index >= 15 is 0 Å². The first kappa shape index (κ1) is 17.4. The smallest absolute Gasteiger partial charge is 0.169 e. The Balaban J connectivity index is 1.68. The van der Waals surface area contributed by atoms with Gasteiger partial charge in [0, 0.05) is 24.9 Å². The molecule has 1 fully saturated rings. The van der Waals surface area contributed by atoms with E-state index in [2.05, 4.69) is 45.6 Å². The lowest BCUT2D eigenvalue weighted by atomic mass is 9.80. The molecule has 0 aromatic heterocycles. The Hall–Kier alpha value is -1.06. The summed E-state index contributed by atoms with van der Waals surface area (Å²) in [5, 5.41) is 0. The monoisotopic (exact) mass is 343 g/mol. The van der Waals surface area contributed by atoms with Gasteiger partial charge < -0.3 is 9.47 Å². The molecule has 0 saturated carbocycles. The molecule has 3 heteroatoms. The number of ether oxygens (including phenoxy) is 2. The first-order valence-electron chi connectivity index (χ1n) is 10.1. The Morgan fingerprint density at radius 2 is 1.92 bits per heavy atom. The van der Waals surface area contributed by atoms with Gasteiger partial charge in [-0.1, -0.05) is 32.4 Å². The Morgan fingerprint density at radius 3 is 2.68 bits per heavy atom. The van der Waals surface area contributed by atoms with Gasteiger partial charge in [-0.15, -0.1) is 0 Å². The van der Waals surface area contributed by atoms with Crippen molar-refractivity contribution in [3.63, 3.8) is 0 Å². The Morgan fingerprint density at radius 1 is 1.12 bits per heavy atom. The van der Waals surface area contributed by atoms with Crippen LogP contribution in [0.25, 0.3) is 0 Å². The van der Waals surface area contributed by atoms with Gasteiger partial charge in [-0.3, -0.25) is 4.90 Å². The molecule has 4 rings (SSSR count). The zero-order chi connectivity index (χ0) is 17.7. The van der Waals surface area contributed by atoms with Crippen LogP contribution in [0.1, 0.15) is 53.9 Å². The van der Waals surface area contributed by atoms with Gasteiger partial charge in [-0.05, 0) is 55.7 Å². The second-order valence-electron chi connectivity index (χ2n) is 8.73. The Labute approximate surface area is 152 Å². The molecule has 0 N–H and O–H groups in total. The van der Waals surface area contributed by atoms with Crippen LogP contribution in [-0.2, 0) is 9.47 Å². The van der Waals surface area contributed by atoms with E-state index in [9.17, 15) is 0 Å². The SMILES string of the molecule is CC1=CC(C)=C2CCCN3CCC4=C(OCC4C(C)C)C3OC2C1C. The molecule has 0 spiro atoms. The van der Waals surface area contributed by atoms with Crippen molar-refractivity contribution in [2.24, 2.45) is 17.8 Å². The zero-order valence-electron chi connectivity index (χ0n) is 16.5. The van der Waals surface area contributed by atoms with Crippen LogP contribution in [0.3, 0.4) is 0 Å². The summed E-state index contributed by atoms with van der Waals surface area (Å²) in [5.74, 6) is 2.83. The van der Waals surface area contributed by atoms with E-state index < -0.39 is 0 Å². The maximum atomic E-state index is 6.84. The molecule has 0 bridgehead atoms. The number of hydrogen-bond acceptors (Lipinski definition) is 3. The van der Waals surface area contributed by atoms with Crippen molar-refractivity contribution in [2.75, 3.05) is 19.7 Å². The molecular weight excluding hydrogens is 310 g/mol. The normalized spacial score (nSPS) is 36.3. The van der Waals surface area contributed by atoms with Gasteiger partial charge in [0.05, 0.1) is 12.7 Å². The highest BCUT2D eigenvalue weighted by Crippen LogP contribution is 2.43. The van der Waals surface area contributed by atoms with Crippen LogP contribution in [0.5, 0.6) is 0 Å². The summed E-state index contributed by atoms with van der Waals surface area (Å²) in [7, 11) is 0. The van der Waals surface area contributed by atoms with Crippen molar-refractivity contribution in [1.82, 2.24) is 4.90 Å². The fraction of sp³-hybridized carbons (Fsp3) is 0.727. The van der Waals surface area contributed by atoms with E-state index in [1.54, 1.807) is 0 Å². The van der Waals surface area contributed by atoms with E-state index in [0.29, 0.717) is 17.8 Å². The predicted octanol–water partition coefficient (Wildman–Crippen LogP) is 4.67. The quantitative estimate of drug-likeness (QED) is 0.691. The average molecular weight is 344 g/mol. The van der Waals surface area contributed by atoms with Crippen molar-refractivity contribution in [2.45, 2.75) is 66.2 Å². The highest BCUT2D eigenvalue weighted by Gasteiger charge is 2.43. The van der Waals surface area contributed by atoms with Crippen LogP contribution in [-0.4, -0.2) is 36.9 Å². The van der Waals surface area contributed by atoms with Gasteiger partial charge in [-0.25, -0.2) is 0 Å².